The number of methoxy groups -OCH3 is 2. The fourth-order valence-corrected chi connectivity index (χ4v) is 3.77. The van der Waals surface area contributed by atoms with Gasteiger partial charge < -0.3 is 28.1 Å². The number of aryl methyl sites for hydroxylation is 2. The number of fused-ring (bicyclic) bond motifs is 5. The van der Waals surface area contributed by atoms with Gasteiger partial charge in [0.1, 0.15) is 0 Å². The van der Waals surface area contributed by atoms with Gasteiger partial charge in [0.15, 0.2) is 35.7 Å². The maximum atomic E-state index is 8.52. The molecule has 30 heavy (non-hydrogen) atoms. The summed E-state index contributed by atoms with van der Waals surface area (Å²) in [6.07, 6.45) is 3.11. The van der Waals surface area contributed by atoms with Gasteiger partial charge in [-0.25, -0.2) is 0 Å². The van der Waals surface area contributed by atoms with Gasteiger partial charge >= 0.3 is 0 Å². The molecule has 10 heteroatoms. The molecule has 0 radical (unpaired) electrons. The Labute approximate surface area is 173 Å². The van der Waals surface area contributed by atoms with Crippen LogP contribution in [0, 0.1) is 0 Å². The molecule has 158 valence electrons. The third-order valence-electron chi connectivity index (χ3n) is 5.00. The Kier molecular flexibility index (Phi) is 5.14. The van der Waals surface area contributed by atoms with Crippen LogP contribution in [-0.2, 0) is 23.4 Å². The first-order valence-electron chi connectivity index (χ1n) is 8.96. The highest BCUT2D eigenvalue weighted by Crippen LogP contribution is 2.41. The number of hydrogen-bond donors (Lipinski definition) is 0. The molecule has 3 aromatic rings. The van der Waals surface area contributed by atoms with Crippen LogP contribution in [0.15, 0.2) is 36.5 Å². The maximum Gasteiger partial charge on any atom is 0.231 e. The van der Waals surface area contributed by atoms with Crippen molar-refractivity contribution in [3.8, 4) is 34.3 Å². The topological polar surface area (TPSA) is 121 Å². The zero-order chi connectivity index (χ0) is 21.5. The van der Waals surface area contributed by atoms with Crippen LogP contribution in [0.25, 0.3) is 22.0 Å². The van der Waals surface area contributed by atoms with E-state index in [-0.39, 0.29) is 0 Å². The van der Waals surface area contributed by atoms with Crippen molar-refractivity contribution in [2.45, 2.75) is 13.0 Å². The summed E-state index contributed by atoms with van der Waals surface area (Å²) in [5.74, 6) is 3.18. The molecule has 0 unspecified atom stereocenters. The highest BCUT2D eigenvalue weighted by Gasteiger charge is 2.28. The molecule has 1 aromatic heterocycles. The van der Waals surface area contributed by atoms with E-state index < -0.39 is 10.4 Å². The molecule has 0 N–H and O–H groups in total. The zero-order valence-corrected chi connectivity index (χ0v) is 17.0. The van der Waals surface area contributed by atoms with Gasteiger partial charge in [0.25, 0.3) is 0 Å². The first kappa shape index (κ1) is 20.2. The molecule has 5 rings (SSSR count). The number of hydrogen-bond acceptors (Lipinski definition) is 8. The normalized spacial score (nSPS) is 13.7. The zero-order valence-electron chi connectivity index (χ0n) is 16.2. The minimum Gasteiger partial charge on any atom is -0.759 e. The Balaban J connectivity index is 0.000000393. The van der Waals surface area contributed by atoms with Crippen molar-refractivity contribution in [3.05, 3.63) is 42.1 Å². The second kappa shape index (κ2) is 7.63. The SMILES string of the molecule is COc1ccc2cc3[n+](cc2c1OC)CCc1cc2c(cc1-3)OCO2.O=S(=O)([O-])[O-]. The predicted octanol–water partition coefficient (Wildman–Crippen LogP) is 1.76. The molecule has 2 aromatic carbocycles. The summed E-state index contributed by atoms with van der Waals surface area (Å²) in [5.41, 5.74) is 3.68. The summed E-state index contributed by atoms with van der Waals surface area (Å²) in [6.45, 7) is 1.21. The molecule has 2 aliphatic rings. The number of nitrogens with zero attached hydrogens (tertiary/aromatic N) is 1. The summed E-state index contributed by atoms with van der Waals surface area (Å²) in [7, 11) is -1.83. The van der Waals surface area contributed by atoms with E-state index in [1.807, 2.05) is 6.07 Å². The highest BCUT2D eigenvalue weighted by molar-refractivity contribution is 7.79. The molecule has 9 nitrogen and oxygen atoms in total. The fraction of sp³-hybridized carbons (Fsp3) is 0.250. The van der Waals surface area contributed by atoms with Crippen molar-refractivity contribution in [1.82, 2.24) is 0 Å². The van der Waals surface area contributed by atoms with Crippen molar-refractivity contribution in [3.63, 3.8) is 0 Å². The highest BCUT2D eigenvalue weighted by atomic mass is 32.3. The molecule has 0 saturated carbocycles. The lowest BCUT2D eigenvalue weighted by molar-refractivity contribution is -0.686. The largest absolute Gasteiger partial charge is 0.759 e. The average Bonchev–Trinajstić information content (AvgIpc) is 3.16. The van der Waals surface area contributed by atoms with Crippen LogP contribution in [0.3, 0.4) is 0 Å². The van der Waals surface area contributed by atoms with Crippen LogP contribution >= 0.6 is 0 Å². The van der Waals surface area contributed by atoms with Gasteiger partial charge in [-0.15, -0.1) is 0 Å². The van der Waals surface area contributed by atoms with E-state index in [9.17, 15) is 0 Å². The molecule has 0 saturated heterocycles. The van der Waals surface area contributed by atoms with Gasteiger partial charge in [0.05, 0.1) is 25.2 Å². The van der Waals surface area contributed by atoms with E-state index >= 15 is 0 Å². The van der Waals surface area contributed by atoms with E-state index in [1.165, 1.54) is 16.8 Å². The number of benzene rings is 2. The van der Waals surface area contributed by atoms with Gasteiger partial charge in [0, 0.05) is 22.9 Å². The van der Waals surface area contributed by atoms with Gasteiger partial charge in [-0.05, 0) is 35.2 Å². The number of ether oxygens (including phenoxy) is 4. The van der Waals surface area contributed by atoms with E-state index in [2.05, 4.69) is 35.0 Å². The van der Waals surface area contributed by atoms with E-state index in [0.717, 1.165) is 46.7 Å². The van der Waals surface area contributed by atoms with Gasteiger partial charge in [0.2, 0.25) is 12.5 Å². The Bertz CT molecular complexity index is 1230. The van der Waals surface area contributed by atoms with Gasteiger partial charge in [-0.3, -0.25) is 8.42 Å². The first-order chi connectivity index (χ1) is 14.3. The van der Waals surface area contributed by atoms with Crippen LogP contribution in [-0.4, -0.2) is 38.5 Å². The Hall–Kier alpha value is -3.08. The molecule has 0 fully saturated rings. The van der Waals surface area contributed by atoms with Crippen LogP contribution in [0.4, 0.5) is 0 Å². The van der Waals surface area contributed by atoms with Crippen molar-refractivity contribution in [2.24, 2.45) is 0 Å². The summed E-state index contributed by atoms with van der Waals surface area (Å²) < 4.78 is 58.5. The van der Waals surface area contributed by atoms with Gasteiger partial charge in [-0.1, -0.05) is 0 Å². The molecule has 0 atom stereocenters. The smallest absolute Gasteiger partial charge is 0.231 e. The minimum atomic E-state index is -5.17. The molecule has 0 spiro atoms. The molecular weight excluding hydrogens is 414 g/mol. The van der Waals surface area contributed by atoms with Crippen LogP contribution in [0.2, 0.25) is 0 Å². The Morgan fingerprint density at radius 1 is 1.03 bits per heavy atom. The number of rotatable bonds is 2. The average molecular weight is 432 g/mol. The fourth-order valence-electron chi connectivity index (χ4n) is 3.77. The van der Waals surface area contributed by atoms with Crippen molar-refractivity contribution in [1.29, 1.82) is 0 Å². The van der Waals surface area contributed by atoms with Crippen LogP contribution in [0.5, 0.6) is 23.0 Å². The Morgan fingerprint density at radius 2 is 1.73 bits per heavy atom. The second-order valence-corrected chi connectivity index (χ2v) is 7.49. The summed E-state index contributed by atoms with van der Waals surface area (Å²) >= 11 is 0. The molecule has 2 aliphatic heterocycles. The lowest BCUT2D eigenvalue weighted by Crippen LogP contribution is -2.40. The summed E-state index contributed by atoms with van der Waals surface area (Å²) in [6, 6.07) is 10.4. The molecule has 0 amide bonds. The molecular formula is C20H18NO8S-. The second-order valence-electron chi connectivity index (χ2n) is 6.68. The minimum absolute atomic E-state index is 0.299. The standard InChI is InChI=1S/C20H18NO4.H2O4S/c1-22-17-4-3-12-7-16-14-9-19-18(24-11-25-19)8-13(14)5-6-21(16)10-15(12)20(17)23-2;1-5(2,3)4/h3-4,7-10H,5-6,11H2,1-2H3;(H2,1,2,3,4)/q+1;/p-2. The van der Waals surface area contributed by atoms with Crippen molar-refractivity contribution < 1.29 is 41.0 Å². The van der Waals surface area contributed by atoms with Crippen molar-refractivity contribution in [2.75, 3.05) is 21.0 Å². The Morgan fingerprint density at radius 3 is 2.40 bits per heavy atom. The third-order valence-corrected chi connectivity index (χ3v) is 5.00. The maximum absolute atomic E-state index is 8.52. The molecule has 0 bridgehead atoms. The molecule has 3 heterocycles. The van der Waals surface area contributed by atoms with E-state index in [1.54, 1.807) is 14.2 Å². The monoisotopic (exact) mass is 432 g/mol. The summed E-state index contributed by atoms with van der Waals surface area (Å²) in [4.78, 5) is 0. The third kappa shape index (κ3) is 3.84. The van der Waals surface area contributed by atoms with E-state index in [0.29, 0.717) is 6.79 Å². The number of aromatic nitrogens is 1. The van der Waals surface area contributed by atoms with E-state index in [4.69, 9.17) is 36.5 Å². The van der Waals surface area contributed by atoms with Gasteiger partial charge in [-0.2, -0.15) is 4.57 Å². The lowest BCUT2D eigenvalue weighted by Gasteiger charge is -2.17. The lowest BCUT2D eigenvalue weighted by atomic mass is 9.95. The molecule has 0 aliphatic carbocycles. The number of pyridine rings is 1. The van der Waals surface area contributed by atoms with Crippen LogP contribution < -0.4 is 23.5 Å². The van der Waals surface area contributed by atoms with Crippen molar-refractivity contribution >= 4 is 21.2 Å². The first-order valence-corrected chi connectivity index (χ1v) is 10.3. The summed E-state index contributed by atoms with van der Waals surface area (Å²) in [5, 5.41) is 2.17. The predicted molar refractivity (Wildman–Crippen MR) is 103 cm³/mol. The van der Waals surface area contributed by atoms with Crippen LogP contribution in [0.1, 0.15) is 5.56 Å². The quantitative estimate of drug-likeness (QED) is 0.341.